The number of primary sulfonamides is 1. The summed E-state index contributed by atoms with van der Waals surface area (Å²) in [5.41, 5.74) is 5.00. The molecule has 1 amide bonds. The van der Waals surface area contributed by atoms with E-state index in [0.29, 0.717) is 5.75 Å². The number of amides is 1. The van der Waals surface area contributed by atoms with Crippen molar-refractivity contribution in [1.29, 1.82) is 0 Å². The molecule has 1 atom stereocenters. The van der Waals surface area contributed by atoms with Gasteiger partial charge in [-0.15, -0.1) is 0 Å². The molecule has 1 aromatic rings. The number of ether oxygens (including phenoxy) is 1. The third kappa shape index (κ3) is 3.21. The summed E-state index contributed by atoms with van der Waals surface area (Å²) >= 11 is 0. The minimum atomic E-state index is -3.71. The minimum absolute atomic E-state index is 0.0217. The van der Waals surface area contributed by atoms with Crippen LogP contribution in [0, 0.1) is 0 Å². The quantitative estimate of drug-likeness (QED) is 0.749. The normalized spacial score (nSPS) is 13.1. The predicted octanol–water partition coefficient (Wildman–Crippen LogP) is -0.413. The van der Waals surface area contributed by atoms with Crippen molar-refractivity contribution in [3.8, 4) is 5.75 Å². The Bertz CT molecular complexity index is 481. The molecule has 16 heavy (non-hydrogen) atoms. The van der Waals surface area contributed by atoms with E-state index in [-0.39, 0.29) is 4.90 Å². The van der Waals surface area contributed by atoms with Crippen molar-refractivity contribution in [2.24, 2.45) is 10.9 Å². The number of nitrogens with two attached hydrogens (primary N) is 2. The van der Waals surface area contributed by atoms with Gasteiger partial charge >= 0.3 is 0 Å². The second-order valence-electron chi connectivity index (χ2n) is 3.18. The van der Waals surface area contributed by atoms with Crippen LogP contribution in [0.4, 0.5) is 0 Å². The van der Waals surface area contributed by atoms with E-state index in [4.69, 9.17) is 15.6 Å². The Morgan fingerprint density at radius 2 is 1.81 bits per heavy atom. The first kappa shape index (κ1) is 12.5. The first-order valence-corrected chi connectivity index (χ1v) is 5.94. The molecular weight excluding hydrogens is 232 g/mol. The van der Waals surface area contributed by atoms with E-state index < -0.39 is 22.0 Å². The molecule has 4 N–H and O–H groups in total. The van der Waals surface area contributed by atoms with Gasteiger partial charge in [0.1, 0.15) is 5.75 Å². The largest absolute Gasteiger partial charge is 0.481 e. The van der Waals surface area contributed by atoms with E-state index in [0.717, 1.165) is 0 Å². The average molecular weight is 244 g/mol. The lowest BCUT2D eigenvalue weighted by Gasteiger charge is -2.11. The van der Waals surface area contributed by atoms with E-state index >= 15 is 0 Å². The second-order valence-corrected chi connectivity index (χ2v) is 4.74. The molecule has 0 saturated carbocycles. The standard InChI is InChI=1S/C9H12N2O4S/c1-6(9(10)12)15-7-2-4-8(5-3-7)16(11,13)14/h2-6H,1H3,(H2,10,12)(H2,11,13,14). The molecule has 0 fully saturated rings. The van der Waals surface area contributed by atoms with Crippen molar-refractivity contribution in [2.75, 3.05) is 0 Å². The number of hydrogen-bond donors (Lipinski definition) is 2. The van der Waals surface area contributed by atoms with Gasteiger partial charge < -0.3 is 10.5 Å². The van der Waals surface area contributed by atoms with Gasteiger partial charge in [-0.2, -0.15) is 0 Å². The molecule has 0 saturated heterocycles. The van der Waals surface area contributed by atoms with Gasteiger partial charge in [0.05, 0.1) is 4.90 Å². The Morgan fingerprint density at radius 3 is 2.19 bits per heavy atom. The number of carbonyl (C=O) groups excluding carboxylic acids is 1. The van der Waals surface area contributed by atoms with Crippen molar-refractivity contribution in [2.45, 2.75) is 17.9 Å². The lowest BCUT2D eigenvalue weighted by molar-refractivity contribution is -0.123. The molecule has 7 heteroatoms. The average Bonchev–Trinajstić information content (AvgIpc) is 2.17. The second kappa shape index (κ2) is 4.50. The number of hydrogen-bond acceptors (Lipinski definition) is 4. The highest BCUT2D eigenvalue weighted by atomic mass is 32.2. The molecule has 1 rings (SSSR count). The number of primary amides is 1. The lowest BCUT2D eigenvalue weighted by Crippen LogP contribution is -2.30. The van der Waals surface area contributed by atoms with E-state index in [9.17, 15) is 13.2 Å². The fourth-order valence-electron chi connectivity index (χ4n) is 0.970. The summed E-state index contributed by atoms with van der Waals surface area (Å²) in [6.45, 7) is 1.50. The van der Waals surface area contributed by atoms with Crippen LogP contribution < -0.4 is 15.6 Å². The third-order valence-electron chi connectivity index (χ3n) is 1.87. The monoisotopic (exact) mass is 244 g/mol. The van der Waals surface area contributed by atoms with Gasteiger partial charge in [0.15, 0.2) is 6.10 Å². The molecule has 0 heterocycles. The van der Waals surface area contributed by atoms with E-state index in [2.05, 4.69) is 0 Å². The fourth-order valence-corrected chi connectivity index (χ4v) is 1.49. The van der Waals surface area contributed by atoms with Gasteiger partial charge in [-0.1, -0.05) is 0 Å². The van der Waals surface area contributed by atoms with Crippen LogP contribution in [0.2, 0.25) is 0 Å². The number of benzene rings is 1. The van der Waals surface area contributed by atoms with Gasteiger partial charge in [0, 0.05) is 0 Å². The van der Waals surface area contributed by atoms with E-state index in [1.807, 2.05) is 0 Å². The zero-order chi connectivity index (χ0) is 12.3. The highest BCUT2D eigenvalue weighted by molar-refractivity contribution is 7.89. The fraction of sp³-hybridized carbons (Fsp3) is 0.222. The van der Waals surface area contributed by atoms with Crippen LogP contribution in [-0.4, -0.2) is 20.4 Å². The molecule has 0 aliphatic heterocycles. The van der Waals surface area contributed by atoms with Gasteiger partial charge in [0.25, 0.3) is 5.91 Å². The van der Waals surface area contributed by atoms with Crippen molar-refractivity contribution in [3.05, 3.63) is 24.3 Å². The topological polar surface area (TPSA) is 112 Å². The maximum Gasteiger partial charge on any atom is 0.258 e. The van der Waals surface area contributed by atoms with Crippen LogP contribution in [-0.2, 0) is 14.8 Å². The van der Waals surface area contributed by atoms with Crippen molar-refractivity contribution < 1.29 is 17.9 Å². The van der Waals surface area contributed by atoms with Crippen LogP contribution in [0.1, 0.15) is 6.92 Å². The summed E-state index contributed by atoms with van der Waals surface area (Å²) < 4.78 is 27.0. The third-order valence-corrected chi connectivity index (χ3v) is 2.80. The van der Waals surface area contributed by atoms with Crippen LogP contribution in [0.5, 0.6) is 5.75 Å². The van der Waals surface area contributed by atoms with Crippen LogP contribution >= 0.6 is 0 Å². The maximum absolute atomic E-state index is 10.9. The maximum atomic E-state index is 10.9. The highest BCUT2D eigenvalue weighted by Crippen LogP contribution is 2.15. The Labute approximate surface area is 93.2 Å². The zero-order valence-electron chi connectivity index (χ0n) is 8.58. The summed E-state index contributed by atoms with van der Waals surface area (Å²) in [6, 6.07) is 5.38. The molecule has 0 bridgehead atoms. The molecule has 1 aromatic carbocycles. The molecule has 0 radical (unpaired) electrons. The van der Waals surface area contributed by atoms with Crippen LogP contribution in [0.25, 0.3) is 0 Å². The van der Waals surface area contributed by atoms with E-state index in [1.165, 1.54) is 31.2 Å². The Kier molecular flexibility index (Phi) is 3.51. The van der Waals surface area contributed by atoms with Crippen molar-refractivity contribution >= 4 is 15.9 Å². The zero-order valence-corrected chi connectivity index (χ0v) is 9.40. The molecule has 0 spiro atoms. The Hall–Kier alpha value is -1.60. The van der Waals surface area contributed by atoms with Crippen LogP contribution in [0.3, 0.4) is 0 Å². The first-order chi connectivity index (χ1) is 7.30. The molecule has 0 aliphatic carbocycles. The lowest BCUT2D eigenvalue weighted by atomic mass is 10.3. The van der Waals surface area contributed by atoms with E-state index in [1.54, 1.807) is 0 Å². The molecular formula is C9H12N2O4S. The summed E-state index contributed by atoms with van der Waals surface area (Å²) in [6.07, 6.45) is -0.777. The Morgan fingerprint density at radius 1 is 1.31 bits per heavy atom. The molecule has 0 aliphatic rings. The summed E-state index contributed by atoms with van der Waals surface area (Å²) in [5, 5.41) is 4.91. The van der Waals surface area contributed by atoms with Crippen molar-refractivity contribution in [1.82, 2.24) is 0 Å². The number of rotatable bonds is 4. The van der Waals surface area contributed by atoms with Gasteiger partial charge in [0.2, 0.25) is 10.0 Å². The number of carbonyl (C=O) groups is 1. The minimum Gasteiger partial charge on any atom is -0.481 e. The molecule has 88 valence electrons. The first-order valence-electron chi connectivity index (χ1n) is 4.39. The smallest absolute Gasteiger partial charge is 0.258 e. The number of sulfonamides is 1. The molecule has 1 unspecified atom stereocenters. The summed E-state index contributed by atoms with van der Waals surface area (Å²) in [4.78, 5) is 10.7. The van der Waals surface area contributed by atoms with Gasteiger partial charge in [-0.05, 0) is 31.2 Å². The molecule has 0 aromatic heterocycles. The Balaban J connectivity index is 2.84. The van der Waals surface area contributed by atoms with Gasteiger partial charge in [-0.25, -0.2) is 13.6 Å². The van der Waals surface area contributed by atoms with Crippen LogP contribution in [0.15, 0.2) is 29.2 Å². The van der Waals surface area contributed by atoms with Gasteiger partial charge in [-0.3, -0.25) is 4.79 Å². The van der Waals surface area contributed by atoms with Crippen molar-refractivity contribution in [3.63, 3.8) is 0 Å². The SMILES string of the molecule is CC(Oc1ccc(S(N)(=O)=O)cc1)C(N)=O. The highest BCUT2D eigenvalue weighted by Gasteiger charge is 2.11. The summed E-state index contributed by atoms with van der Waals surface area (Å²) in [7, 11) is -3.71. The molecule has 6 nitrogen and oxygen atoms in total. The summed E-state index contributed by atoms with van der Waals surface area (Å²) in [5.74, 6) is -0.255. The predicted molar refractivity (Wildman–Crippen MR) is 57.1 cm³/mol.